The van der Waals surface area contributed by atoms with Gasteiger partial charge in [0.05, 0.1) is 19.9 Å². The summed E-state index contributed by atoms with van der Waals surface area (Å²) in [5.74, 6) is 1.53. The molecule has 0 heterocycles. The van der Waals surface area contributed by atoms with Crippen LogP contribution in [-0.2, 0) is 0 Å². The number of nitrogens with one attached hydrogen (secondary N) is 2. The van der Waals surface area contributed by atoms with E-state index in [1.54, 1.807) is 14.2 Å². The second-order valence-corrected chi connectivity index (χ2v) is 5.61. The van der Waals surface area contributed by atoms with Crippen molar-refractivity contribution in [1.82, 2.24) is 5.43 Å². The number of rotatable bonds is 5. The van der Waals surface area contributed by atoms with Gasteiger partial charge in [0.1, 0.15) is 11.5 Å². The lowest BCUT2D eigenvalue weighted by atomic mass is 10.1. The standard InChI is InChI=1S/C18H21N3O2S/c1-12-8-9-17(23-4)16(10-12)13(2)20-21-18(24)19-14-6-5-7-15(11-14)22-3/h5-11H,1-4H3,(H2,19,21,24)/b20-13-. The molecule has 0 unspecified atom stereocenters. The summed E-state index contributed by atoms with van der Waals surface area (Å²) in [6.45, 7) is 3.93. The molecular formula is C18H21N3O2S. The van der Waals surface area contributed by atoms with Crippen LogP contribution < -0.4 is 20.2 Å². The average molecular weight is 343 g/mol. The number of hydrogen-bond acceptors (Lipinski definition) is 4. The van der Waals surface area contributed by atoms with Crippen LogP contribution >= 0.6 is 12.2 Å². The quantitative estimate of drug-likeness (QED) is 0.492. The zero-order chi connectivity index (χ0) is 17.5. The molecule has 0 amide bonds. The molecule has 6 heteroatoms. The zero-order valence-electron chi connectivity index (χ0n) is 14.2. The van der Waals surface area contributed by atoms with E-state index in [0.717, 1.165) is 34.0 Å². The second kappa shape index (κ2) is 8.31. The van der Waals surface area contributed by atoms with E-state index in [2.05, 4.69) is 15.8 Å². The number of methoxy groups -OCH3 is 2. The van der Waals surface area contributed by atoms with Crippen molar-refractivity contribution in [2.24, 2.45) is 5.10 Å². The van der Waals surface area contributed by atoms with Gasteiger partial charge in [0, 0.05) is 17.3 Å². The van der Waals surface area contributed by atoms with E-state index < -0.39 is 0 Å². The average Bonchev–Trinajstić information content (AvgIpc) is 2.59. The third-order valence-electron chi connectivity index (χ3n) is 3.40. The van der Waals surface area contributed by atoms with Gasteiger partial charge in [-0.3, -0.25) is 5.43 Å². The summed E-state index contributed by atoms with van der Waals surface area (Å²) >= 11 is 5.27. The predicted octanol–water partition coefficient (Wildman–Crippen LogP) is 3.72. The minimum atomic E-state index is 0.397. The second-order valence-electron chi connectivity index (χ2n) is 5.20. The highest BCUT2D eigenvalue weighted by Crippen LogP contribution is 2.20. The van der Waals surface area contributed by atoms with Crippen LogP contribution in [0.3, 0.4) is 0 Å². The molecule has 2 rings (SSSR count). The molecular weight excluding hydrogens is 322 g/mol. The Bertz CT molecular complexity index is 760. The lowest BCUT2D eigenvalue weighted by Crippen LogP contribution is -2.25. The molecule has 0 aliphatic rings. The first-order chi connectivity index (χ1) is 11.5. The van der Waals surface area contributed by atoms with E-state index in [0.29, 0.717) is 5.11 Å². The molecule has 0 bridgehead atoms. The minimum Gasteiger partial charge on any atom is -0.497 e. The molecule has 0 saturated carbocycles. The summed E-state index contributed by atoms with van der Waals surface area (Å²) in [6, 6.07) is 13.5. The molecule has 0 spiro atoms. The van der Waals surface area contributed by atoms with E-state index in [-0.39, 0.29) is 0 Å². The first-order valence-corrected chi connectivity index (χ1v) is 7.84. The normalized spacial score (nSPS) is 10.9. The molecule has 24 heavy (non-hydrogen) atoms. The highest BCUT2D eigenvalue weighted by atomic mass is 32.1. The van der Waals surface area contributed by atoms with Gasteiger partial charge in [-0.1, -0.05) is 17.7 Å². The topological polar surface area (TPSA) is 54.9 Å². The molecule has 0 atom stereocenters. The maximum absolute atomic E-state index is 5.38. The fourth-order valence-corrected chi connectivity index (χ4v) is 2.32. The van der Waals surface area contributed by atoms with Crippen molar-refractivity contribution < 1.29 is 9.47 Å². The van der Waals surface area contributed by atoms with Crippen LogP contribution in [0.2, 0.25) is 0 Å². The number of hydrogen-bond donors (Lipinski definition) is 2. The van der Waals surface area contributed by atoms with Crippen molar-refractivity contribution in [1.29, 1.82) is 0 Å². The summed E-state index contributed by atoms with van der Waals surface area (Å²) in [6.07, 6.45) is 0. The molecule has 126 valence electrons. The molecule has 0 aliphatic carbocycles. The molecule has 2 aromatic rings. The lowest BCUT2D eigenvalue weighted by molar-refractivity contribution is 0.414. The summed E-state index contributed by atoms with van der Waals surface area (Å²) in [4.78, 5) is 0. The van der Waals surface area contributed by atoms with Crippen molar-refractivity contribution in [2.45, 2.75) is 13.8 Å². The van der Waals surface area contributed by atoms with Crippen molar-refractivity contribution >= 4 is 28.7 Å². The van der Waals surface area contributed by atoms with Crippen LogP contribution in [0.25, 0.3) is 0 Å². The third-order valence-corrected chi connectivity index (χ3v) is 3.59. The largest absolute Gasteiger partial charge is 0.497 e. The Morgan fingerprint density at radius 3 is 2.58 bits per heavy atom. The summed E-state index contributed by atoms with van der Waals surface area (Å²) in [5, 5.41) is 7.80. The lowest BCUT2D eigenvalue weighted by Gasteiger charge is -2.11. The monoisotopic (exact) mass is 343 g/mol. The van der Waals surface area contributed by atoms with Crippen molar-refractivity contribution in [3.8, 4) is 11.5 Å². The zero-order valence-corrected chi connectivity index (χ0v) is 15.0. The van der Waals surface area contributed by atoms with Crippen LogP contribution in [0, 0.1) is 6.92 Å². The van der Waals surface area contributed by atoms with Gasteiger partial charge >= 0.3 is 0 Å². The van der Waals surface area contributed by atoms with Gasteiger partial charge in [0.15, 0.2) is 5.11 Å². The highest BCUT2D eigenvalue weighted by molar-refractivity contribution is 7.80. The van der Waals surface area contributed by atoms with E-state index in [4.69, 9.17) is 21.7 Å². The van der Waals surface area contributed by atoms with Crippen LogP contribution in [0.4, 0.5) is 5.69 Å². The summed E-state index contributed by atoms with van der Waals surface area (Å²) in [5.41, 5.74) is 6.52. The number of hydrazone groups is 1. The Morgan fingerprint density at radius 2 is 1.88 bits per heavy atom. The molecule has 5 nitrogen and oxygen atoms in total. The number of thiocarbonyl (C=S) groups is 1. The Labute approximate surface area is 147 Å². The first-order valence-electron chi connectivity index (χ1n) is 7.44. The van der Waals surface area contributed by atoms with E-state index in [1.807, 2.05) is 56.3 Å². The molecule has 2 aromatic carbocycles. The van der Waals surface area contributed by atoms with Crippen molar-refractivity contribution in [3.05, 3.63) is 53.6 Å². The maximum atomic E-state index is 5.38. The smallest absolute Gasteiger partial charge is 0.191 e. The minimum absolute atomic E-state index is 0.397. The number of nitrogens with zero attached hydrogens (tertiary/aromatic N) is 1. The van der Waals surface area contributed by atoms with Crippen molar-refractivity contribution in [3.63, 3.8) is 0 Å². The van der Waals surface area contributed by atoms with Crippen LogP contribution in [-0.4, -0.2) is 25.0 Å². The van der Waals surface area contributed by atoms with Crippen LogP contribution in [0.5, 0.6) is 11.5 Å². The van der Waals surface area contributed by atoms with Gasteiger partial charge in [0.2, 0.25) is 0 Å². The molecule has 0 fully saturated rings. The Hall–Kier alpha value is -2.60. The number of ether oxygens (including phenoxy) is 2. The van der Waals surface area contributed by atoms with Crippen LogP contribution in [0.1, 0.15) is 18.1 Å². The van der Waals surface area contributed by atoms with E-state index in [9.17, 15) is 0 Å². The van der Waals surface area contributed by atoms with Crippen molar-refractivity contribution in [2.75, 3.05) is 19.5 Å². The van der Waals surface area contributed by atoms with Gasteiger partial charge in [-0.2, -0.15) is 5.10 Å². The van der Waals surface area contributed by atoms with Gasteiger partial charge in [-0.15, -0.1) is 0 Å². The van der Waals surface area contributed by atoms with E-state index >= 15 is 0 Å². The third kappa shape index (κ3) is 4.70. The molecule has 2 N–H and O–H groups in total. The van der Waals surface area contributed by atoms with Gasteiger partial charge in [-0.25, -0.2) is 0 Å². The summed E-state index contributed by atoms with van der Waals surface area (Å²) < 4.78 is 10.6. The van der Waals surface area contributed by atoms with Gasteiger partial charge < -0.3 is 14.8 Å². The van der Waals surface area contributed by atoms with E-state index in [1.165, 1.54) is 0 Å². The SMILES string of the molecule is COc1cccc(NC(=S)N/N=C(/C)c2cc(C)ccc2OC)c1. The fraction of sp³-hybridized carbons (Fsp3) is 0.222. The molecule has 0 saturated heterocycles. The number of aryl methyl sites for hydroxylation is 1. The molecule has 0 aliphatic heterocycles. The highest BCUT2D eigenvalue weighted by Gasteiger charge is 2.07. The number of anilines is 1. The molecule has 0 aromatic heterocycles. The Balaban J connectivity index is 2.06. The molecule has 0 radical (unpaired) electrons. The maximum Gasteiger partial charge on any atom is 0.191 e. The fourth-order valence-electron chi connectivity index (χ4n) is 2.16. The summed E-state index contributed by atoms with van der Waals surface area (Å²) in [7, 11) is 3.27. The van der Waals surface area contributed by atoms with Gasteiger partial charge in [0.25, 0.3) is 0 Å². The van der Waals surface area contributed by atoms with Crippen LogP contribution in [0.15, 0.2) is 47.6 Å². The first kappa shape index (κ1) is 17.7. The Kier molecular flexibility index (Phi) is 6.14. The Morgan fingerprint density at radius 1 is 1.08 bits per heavy atom. The number of benzene rings is 2. The predicted molar refractivity (Wildman–Crippen MR) is 102 cm³/mol. The van der Waals surface area contributed by atoms with Gasteiger partial charge in [-0.05, 0) is 50.3 Å².